The Morgan fingerprint density at radius 3 is 2.39 bits per heavy atom. The first-order valence-electron chi connectivity index (χ1n) is 15.2. The van der Waals surface area contributed by atoms with E-state index in [0.29, 0.717) is 40.4 Å². The smallest absolute Gasteiger partial charge is 0.413 e. The molecule has 1 aromatic carbocycles. The molecule has 3 heterocycles. The van der Waals surface area contributed by atoms with Crippen molar-refractivity contribution in [3.05, 3.63) is 40.9 Å². The van der Waals surface area contributed by atoms with Crippen molar-refractivity contribution in [1.82, 2.24) is 30.2 Å². The van der Waals surface area contributed by atoms with Crippen molar-refractivity contribution in [2.75, 3.05) is 23.3 Å². The Kier molecular flexibility index (Phi) is 9.06. The number of nitrogens with zero attached hydrogens (tertiary/aromatic N) is 5. The van der Waals surface area contributed by atoms with Gasteiger partial charge < -0.3 is 34.7 Å². The van der Waals surface area contributed by atoms with Crippen molar-refractivity contribution in [3.63, 3.8) is 0 Å². The van der Waals surface area contributed by atoms with Crippen molar-refractivity contribution in [2.24, 2.45) is 0 Å². The number of fused-ring (bicyclic) bond motifs is 1. The summed E-state index contributed by atoms with van der Waals surface area (Å²) in [5.74, 6) is -0.0763. The maximum atomic E-state index is 13.6. The number of hydrogen-bond acceptors (Lipinski definition) is 10. The van der Waals surface area contributed by atoms with Crippen LogP contribution in [0.4, 0.5) is 21.1 Å². The average molecular weight is 657 g/mol. The van der Waals surface area contributed by atoms with Gasteiger partial charge in [-0.05, 0) is 78.5 Å². The average Bonchev–Trinajstić information content (AvgIpc) is 3.49. The molecule has 5 rings (SSSR count). The number of aliphatic hydroxyl groups is 1. The van der Waals surface area contributed by atoms with E-state index in [1.807, 2.05) is 4.90 Å². The summed E-state index contributed by atoms with van der Waals surface area (Å²) in [7, 11) is 0. The molecule has 1 atom stereocenters. The highest BCUT2D eigenvalue weighted by molar-refractivity contribution is 6.31. The summed E-state index contributed by atoms with van der Waals surface area (Å²) >= 11 is 6.54. The maximum absolute atomic E-state index is 13.6. The molecule has 0 spiro atoms. The summed E-state index contributed by atoms with van der Waals surface area (Å²) in [6, 6.07) is 3.56. The second-order valence-electron chi connectivity index (χ2n) is 13.7. The number of anilines is 2. The molecule has 1 saturated carbocycles. The molecule has 1 saturated heterocycles. The van der Waals surface area contributed by atoms with Crippen LogP contribution in [0.1, 0.15) is 71.9 Å². The minimum atomic E-state index is -1.25. The molecule has 4 N–H and O–H groups in total. The van der Waals surface area contributed by atoms with Gasteiger partial charge in [-0.15, -0.1) is 0 Å². The largest absolute Gasteiger partial charge is 0.444 e. The van der Waals surface area contributed by atoms with Crippen LogP contribution in [-0.2, 0) is 27.4 Å². The molecule has 2 aromatic heterocycles. The second kappa shape index (κ2) is 12.6. The number of aliphatic hydroxyl groups excluding tert-OH is 1. The number of aromatic nitrogens is 4. The fourth-order valence-corrected chi connectivity index (χ4v) is 5.59. The van der Waals surface area contributed by atoms with Gasteiger partial charge in [0.1, 0.15) is 23.1 Å². The lowest BCUT2D eigenvalue weighted by Crippen LogP contribution is -2.61. The molecule has 2 aliphatic rings. The summed E-state index contributed by atoms with van der Waals surface area (Å²) in [6.07, 6.45) is 3.66. The van der Waals surface area contributed by atoms with Gasteiger partial charge in [-0.25, -0.2) is 24.5 Å². The van der Waals surface area contributed by atoms with Gasteiger partial charge in [0.15, 0.2) is 17.0 Å². The van der Waals surface area contributed by atoms with E-state index < -0.39 is 28.9 Å². The Labute approximate surface area is 272 Å². The lowest BCUT2D eigenvalue weighted by molar-refractivity contribution is -0.127. The first-order valence-corrected chi connectivity index (χ1v) is 15.6. The minimum Gasteiger partial charge on any atom is -0.444 e. The highest BCUT2D eigenvalue weighted by Gasteiger charge is 2.48. The van der Waals surface area contributed by atoms with Crippen LogP contribution in [0.3, 0.4) is 0 Å². The van der Waals surface area contributed by atoms with E-state index in [1.54, 1.807) is 64.6 Å². The number of hydrogen-bond donors (Lipinski definition) is 4. The molecule has 1 aliphatic carbocycles. The Morgan fingerprint density at radius 2 is 1.74 bits per heavy atom. The summed E-state index contributed by atoms with van der Waals surface area (Å²) in [5, 5.41) is 19.3. The topological polar surface area (TPSA) is 173 Å². The van der Waals surface area contributed by atoms with Crippen LogP contribution in [0.5, 0.6) is 0 Å². The minimum absolute atomic E-state index is 0.0906. The molecule has 15 heteroatoms. The van der Waals surface area contributed by atoms with Gasteiger partial charge in [0.2, 0.25) is 5.91 Å². The van der Waals surface area contributed by atoms with Crippen molar-refractivity contribution >= 4 is 52.4 Å². The fraction of sp³-hybridized carbons (Fsp3) is 0.548. The van der Waals surface area contributed by atoms with Crippen LogP contribution in [0.25, 0.3) is 11.2 Å². The van der Waals surface area contributed by atoms with Gasteiger partial charge >= 0.3 is 12.2 Å². The van der Waals surface area contributed by atoms with E-state index in [0.717, 1.165) is 18.4 Å². The normalized spacial score (nSPS) is 18.4. The lowest BCUT2D eigenvalue weighted by Gasteiger charge is -2.32. The maximum Gasteiger partial charge on any atom is 0.413 e. The monoisotopic (exact) mass is 656 g/mol. The van der Waals surface area contributed by atoms with E-state index in [-0.39, 0.29) is 37.5 Å². The fourth-order valence-electron chi connectivity index (χ4n) is 5.35. The zero-order valence-electron chi connectivity index (χ0n) is 26.9. The number of halogens is 1. The molecule has 0 unspecified atom stereocenters. The van der Waals surface area contributed by atoms with Gasteiger partial charge in [-0.2, -0.15) is 0 Å². The van der Waals surface area contributed by atoms with Gasteiger partial charge in [-0.1, -0.05) is 11.6 Å². The summed E-state index contributed by atoms with van der Waals surface area (Å²) < 4.78 is 12.7. The van der Waals surface area contributed by atoms with Crippen LogP contribution in [0.2, 0.25) is 5.02 Å². The van der Waals surface area contributed by atoms with Gasteiger partial charge in [0.25, 0.3) is 0 Å². The number of rotatable bonds is 8. The van der Waals surface area contributed by atoms with E-state index in [1.165, 1.54) is 6.33 Å². The van der Waals surface area contributed by atoms with Gasteiger partial charge in [-0.3, -0.25) is 10.1 Å². The van der Waals surface area contributed by atoms with Crippen LogP contribution in [-0.4, -0.2) is 78.6 Å². The number of alkyl carbamates (subject to hydrolysis) is 1. The Balaban J connectivity index is 1.46. The van der Waals surface area contributed by atoms with E-state index in [2.05, 4.69) is 30.9 Å². The predicted octanol–water partition coefficient (Wildman–Crippen LogP) is 4.12. The van der Waals surface area contributed by atoms with Crippen molar-refractivity contribution in [2.45, 2.75) is 96.7 Å². The second-order valence-corrected chi connectivity index (χ2v) is 14.2. The van der Waals surface area contributed by atoms with E-state index in [9.17, 15) is 19.5 Å². The standard InChI is InChI=1S/C31H41ClN8O6/c1-29(2,3)45-27(43)37-24-23-25(34-16-33-24)40(17-35-23)13-21-18(14-41)11-19(32)12-22(21)39-10-9-31(15-39,26(42)36-20-7-8-20)38-28(44)46-30(4,5)6/h11-12,16-17,20,41H,7-10,13-15H2,1-6H3,(H,36,42)(H,38,44)(H,33,34,37,43)/t31-/m1/s1. The van der Waals surface area contributed by atoms with E-state index in [4.69, 9.17) is 21.1 Å². The molecule has 3 aromatic rings. The molecule has 3 amide bonds. The number of carbonyl (C=O) groups excluding carboxylic acids is 3. The summed E-state index contributed by atoms with van der Waals surface area (Å²) in [5.41, 5.74) is 0.0898. The number of ether oxygens (including phenoxy) is 2. The van der Waals surface area contributed by atoms with Crippen molar-refractivity contribution in [3.8, 4) is 0 Å². The Morgan fingerprint density at radius 1 is 1.04 bits per heavy atom. The Bertz CT molecular complexity index is 1640. The zero-order valence-corrected chi connectivity index (χ0v) is 27.7. The Hall–Kier alpha value is -4.17. The molecule has 0 bridgehead atoms. The summed E-state index contributed by atoms with van der Waals surface area (Å²) in [6.45, 7) is 11.1. The van der Waals surface area contributed by atoms with Gasteiger partial charge in [0, 0.05) is 28.9 Å². The molecule has 14 nitrogen and oxygen atoms in total. The van der Waals surface area contributed by atoms with Crippen molar-refractivity contribution < 1.29 is 29.0 Å². The molecule has 248 valence electrons. The zero-order chi connectivity index (χ0) is 33.4. The predicted molar refractivity (Wildman–Crippen MR) is 172 cm³/mol. The highest BCUT2D eigenvalue weighted by Crippen LogP contribution is 2.36. The number of benzene rings is 1. The third-order valence-corrected chi connectivity index (χ3v) is 7.72. The van der Waals surface area contributed by atoms with E-state index >= 15 is 0 Å². The first kappa shape index (κ1) is 33.2. The quantitative estimate of drug-likeness (QED) is 0.276. The SMILES string of the molecule is CC(C)(C)OC(=O)Nc1ncnc2c1ncn2Cc1c(CO)cc(Cl)cc1N1CC[C@](NC(=O)OC(C)(C)C)(C(=O)NC2CC2)C1. The van der Waals surface area contributed by atoms with Crippen LogP contribution in [0.15, 0.2) is 24.8 Å². The molecule has 2 fully saturated rings. The molecule has 1 aliphatic heterocycles. The van der Waals surface area contributed by atoms with Crippen LogP contribution >= 0.6 is 11.6 Å². The van der Waals surface area contributed by atoms with Gasteiger partial charge in [0.05, 0.1) is 26.0 Å². The molecule has 46 heavy (non-hydrogen) atoms. The number of imidazole rings is 1. The number of carbonyl (C=O) groups is 3. The van der Waals surface area contributed by atoms with Crippen LogP contribution < -0.4 is 20.9 Å². The van der Waals surface area contributed by atoms with Crippen molar-refractivity contribution in [1.29, 1.82) is 0 Å². The third-order valence-electron chi connectivity index (χ3n) is 7.50. The molecule has 0 radical (unpaired) electrons. The summed E-state index contributed by atoms with van der Waals surface area (Å²) in [4.78, 5) is 54.0. The highest BCUT2D eigenvalue weighted by atomic mass is 35.5. The first-order chi connectivity index (χ1) is 21.6. The molecular weight excluding hydrogens is 616 g/mol. The third kappa shape index (κ3) is 7.79. The number of amides is 3. The van der Waals surface area contributed by atoms with Crippen LogP contribution in [0, 0.1) is 0 Å². The lowest BCUT2D eigenvalue weighted by atomic mass is 9.97. The number of nitrogens with one attached hydrogen (secondary N) is 3. The molecular formula is C31H41ClN8O6.